The molecule has 0 radical (unpaired) electrons. The summed E-state index contributed by atoms with van der Waals surface area (Å²) in [6, 6.07) is 10.3. The second-order valence-corrected chi connectivity index (χ2v) is 8.04. The predicted octanol–water partition coefficient (Wildman–Crippen LogP) is 4.03. The number of methoxy groups -OCH3 is 1. The maximum atomic E-state index is 13.1. The van der Waals surface area contributed by atoms with Gasteiger partial charge in [-0.1, -0.05) is 18.7 Å². The average molecular weight is 427 g/mol. The van der Waals surface area contributed by atoms with Gasteiger partial charge in [0, 0.05) is 17.0 Å². The number of thioether (sulfide) groups is 1. The number of carbonyl (C=O) groups is 2. The molecule has 2 aromatic rings. The number of carbonyl (C=O) groups excluding carboxylic acids is 2. The zero-order valence-corrected chi connectivity index (χ0v) is 18.3. The number of nitrogens with zero attached hydrogens (tertiary/aromatic N) is 1. The molecule has 1 aliphatic heterocycles. The molecule has 1 saturated heterocycles. The summed E-state index contributed by atoms with van der Waals surface area (Å²) < 4.78 is 10.9. The van der Waals surface area contributed by atoms with Gasteiger partial charge in [-0.05, 0) is 55.3 Å². The molecule has 1 N–H and O–H groups in total. The Morgan fingerprint density at radius 2 is 2.00 bits per heavy atom. The smallest absolute Gasteiger partial charge is 0.255 e. The van der Waals surface area contributed by atoms with Gasteiger partial charge in [-0.2, -0.15) is 0 Å². The van der Waals surface area contributed by atoms with E-state index >= 15 is 0 Å². The Labute approximate surface area is 181 Å². The Hall–Kier alpha value is -2.93. The fourth-order valence-corrected chi connectivity index (χ4v) is 4.29. The minimum atomic E-state index is -0.535. The Balaban J connectivity index is 1.75. The lowest BCUT2D eigenvalue weighted by atomic mass is 10.1. The number of aryl methyl sites for hydroxylation is 2. The Kier molecular flexibility index (Phi) is 7.05. The number of hydrogen-bond acceptors (Lipinski definition) is 5. The molecule has 2 amide bonds. The fourth-order valence-electron chi connectivity index (χ4n) is 3.14. The highest BCUT2D eigenvalue weighted by Crippen LogP contribution is 2.31. The maximum Gasteiger partial charge on any atom is 0.255 e. The molecule has 2 aromatic carbocycles. The van der Waals surface area contributed by atoms with Crippen LogP contribution in [0.2, 0.25) is 0 Å². The van der Waals surface area contributed by atoms with Crippen LogP contribution in [0.4, 0.5) is 5.69 Å². The van der Waals surface area contributed by atoms with Crippen molar-refractivity contribution < 1.29 is 19.1 Å². The molecular weight excluding hydrogens is 400 g/mol. The van der Waals surface area contributed by atoms with E-state index in [9.17, 15) is 9.59 Å². The van der Waals surface area contributed by atoms with Gasteiger partial charge in [0.25, 0.3) is 5.91 Å². The van der Waals surface area contributed by atoms with Gasteiger partial charge in [0.1, 0.15) is 12.6 Å². The van der Waals surface area contributed by atoms with E-state index in [0.717, 1.165) is 16.8 Å². The normalized spacial score (nSPS) is 15.6. The van der Waals surface area contributed by atoms with E-state index in [1.807, 2.05) is 32.0 Å². The Morgan fingerprint density at radius 1 is 1.20 bits per heavy atom. The summed E-state index contributed by atoms with van der Waals surface area (Å²) in [5.74, 6) is 1.61. The van der Waals surface area contributed by atoms with Gasteiger partial charge in [-0.25, -0.2) is 0 Å². The number of rotatable bonds is 7. The summed E-state index contributed by atoms with van der Waals surface area (Å²) in [5.41, 5.74) is 3.45. The van der Waals surface area contributed by atoms with Gasteiger partial charge < -0.3 is 19.7 Å². The van der Waals surface area contributed by atoms with Crippen LogP contribution in [-0.4, -0.2) is 48.1 Å². The van der Waals surface area contributed by atoms with Crippen LogP contribution in [0, 0.1) is 13.8 Å². The first-order valence-electron chi connectivity index (χ1n) is 9.63. The molecule has 7 heteroatoms. The minimum absolute atomic E-state index is 0.186. The van der Waals surface area contributed by atoms with Crippen LogP contribution in [0.3, 0.4) is 0 Å². The molecule has 1 unspecified atom stereocenters. The molecule has 158 valence electrons. The zero-order chi connectivity index (χ0) is 21.7. The number of hydrogen-bond donors (Lipinski definition) is 1. The molecule has 0 bridgehead atoms. The van der Waals surface area contributed by atoms with Crippen molar-refractivity contribution in [1.82, 2.24) is 4.90 Å². The quantitative estimate of drug-likeness (QED) is 0.677. The summed E-state index contributed by atoms with van der Waals surface area (Å²) in [4.78, 5) is 27.6. The third-order valence-electron chi connectivity index (χ3n) is 4.99. The standard InChI is InChI=1S/C23H26N2O4S/c1-5-10-29-20-9-7-17(12-21(20)28-4)23(27)25-14-30-13-19(25)22(26)24-18-8-6-15(2)16(3)11-18/h5-9,11-12,19H,1,10,13-14H2,2-4H3,(H,24,26). The highest BCUT2D eigenvalue weighted by Gasteiger charge is 2.35. The first-order chi connectivity index (χ1) is 14.4. The molecule has 0 aliphatic carbocycles. The Bertz CT molecular complexity index is 960. The van der Waals surface area contributed by atoms with Crippen molar-refractivity contribution in [1.29, 1.82) is 0 Å². The SMILES string of the molecule is C=CCOc1ccc(C(=O)N2CSCC2C(=O)Nc2ccc(C)c(C)c2)cc1OC. The largest absolute Gasteiger partial charge is 0.493 e. The highest BCUT2D eigenvalue weighted by molar-refractivity contribution is 7.99. The van der Waals surface area contributed by atoms with Crippen LogP contribution in [0.5, 0.6) is 11.5 Å². The fraction of sp³-hybridized carbons (Fsp3) is 0.304. The molecule has 1 atom stereocenters. The highest BCUT2D eigenvalue weighted by atomic mass is 32.2. The zero-order valence-electron chi connectivity index (χ0n) is 17.4. The van der Waals surface area contributed by atoms with E-state index in [0.29, 0.717) is 35.3 Å². The molecule has 0 aromatic heterocycles. The van der Waals surface area contributed by atoms with Crippen LogP contribution in [0.1, 0.15) is 21.5 Å². The predicted molar refractivity (Wildman–Crippen MR) is 121 cm³/mol. The van der Waals surface area contributed by atoms with Gasteiger partial charge in [0.05, 0.1) is 13.0 Å². The monoisotopic (exact) mass is 426 g/mol. The van der Waals surface area contributed by atoms with Gasteiger partial charge in [0.2, 0.25) is 5.91 Å². The molecule has 1 heterocycles. The number of amides is 2. The molecular formula is C23H26N2O4S. The van der Waals surface area contributed by atoms with Gasteiger partial charge in [-0.3, -0.25) is 9.59 Å². The van der Waals surface area contributed by atoms with Crippen molar-refractivity contribution in [3.63, 3.8) is 0 Å². The minimum Gasteiger partial charge on any atom is -0.493 e. The van der Waals surface area contributed by atoms with E-state index < -0.39 is 6.04 Å². The number of ether oxygens (including phenoxy) is 2. The third-order valence-corrected chi connectivity index (χ3v) is 6.00. The van der Waals surface area contributed by atoms with E-state index in [-0.39, 0.29) is 11.8 Å². The molecule has 0 spiro atoms. The van der Waals surface area contributed by atoms with Crippen LogP contribution in [-0.2, 0) is 4.79 Å². The van der Waals surface area contributed by atoms with E-state index in [2.05, 4.69) is 11.9 Å². The first-order valence-corrected chi connectivity index (χ1v) is 10.8. The number of anilines is 1. The van der Waals surface area contributed by atoms with Crippen molar-refractivity contribution in [3.8, 4) is 11.5 Å². The summed E-state index contributed by atoms with van der Waals surface area (Å²) in [7, 11) is 1.52. The van der Waals surface area contributed by atoms with Crippen molar-refractivity contribution in [2.24, 2.45) is 0 Å². The average Bonchev–Trinajstić information content (AvgIpc) is 3.24. The summed E-state index contributed by atoms with van der Waals surface area (Å²) in [6.45, 7) is 7.99. The van der Waals surface area contributed by atoms with Gasteiger partial charge in [0.15, 0.2) is 11.5 Å². The third kappa shape index (κ3) is 4.79. The van der Waals surface area contributed by atoms with Crippen molar-refractivity contribution in [2.45, 2.75) is 19.9 Å². The lowest BCUT2D eigenvalue weighted by Gasteiger charge is -2.23. The number of nitrogens with one attached hydrogen (secondary N) is 1. The second-order valence-electron chi connectivity index (χ2n) is 7.04. The molecule has 1 aliphatic rings. The molecule has 1 fully saturated rings. The van der Waals surface area contributed by atoms with Gasteiger partial charge in [-0.15, -0.1) is 11.8 Å². The van der Waals surface area contributed by atoms with Crippen LogP contribution in [0.25, 0.3) is 0 Å². The van der Waals surface area contributed by atoms with Crippen molar-refractivity contribution in [2.75, 3.05) is 30.7 Å². The van der Waals surface area contributed by atoms with Crippen LogP contribution in [0.15, 0.2) is 49.1 Å². The van der Waals surface area contributed by atoms with Crippen molar-refractivity contribution >= 4 is 29.3 Å². The lowest BCUT2D eigenvalue weighted by Crippen LogP contribution is -2.44. The molecule has 0 saturated carbocycles. The van der Waals surface area contributed by atoms with Gasteiger partial charge >= 0.3 is 0 Å². The van der Waals surface area contributed by atoms with Crippen molar-refractivity contribution in [3.05, 3.63) is 65.7 Å². The van der Waals surface area contributed by atoms with E-state index in [1.54, 1.807) is 40.9 Å². The summed E-state index contributed by atoms with van der Waals surface area (Å²) in [5, 5.41) is 2.94. The molecule has 3 rings (SSSR count). The summed E-state index contributed by atoms with van der Waals surface area (Å²) >= 11 is 1.56. The topological polar surface area (TPSA) is 67.9 Å². The Morgan fingerprint density at radius 3 is 2.70 bits per heavy atom. The molecule has 6 nitrogen and oxygen atoms in total. The molecule has 30 heavy (non-hydrogen) atoms. The number of benzene rings is 2. The van der Waals surface area contributed by atoms with E-state index in [1.165, 1.54) is 7.11 Å². The lowest BCUT2D eigenvalue weighted by molar-refractivity contribution is -0.119. The maximum absolute atomic E-state index is 13.1. The first kappa shape index (κ1) is 21.8. The summed E-state index contributed by atoms with van der Waals surface area (Å²) in [6.07, 6.45) is 1.64. The van der Waals surface area contributed by atoms with Crippen LogP contribution >= 0.6 is 11.8 Å². The second kappa shape index (κ2) is 9.71. The van der Waals surface area contributed by atoms with E-state index in [4.69, 9.17) is 9.47 Å². The van der Waals surface area contributed by atoms with Crippen LogP contribution < -0.4 is 14.8 Å².